The molecule has 0 aliphatic carbocycles. The van der Waals surface area contributed by atoms with Crippen LogP contribution in [0.4, 0.5) is 5.69 Å². The lowest BCUT2D eigenvalue weighted by Crippen LogP contribution is -2.39. The van der Waals surface area contributed by atoms with Crippen LogP contribution in [-0.4, -0.2) is 19.3 Å². The third kappa shape index (κ3) is 4.22. The molecule has 0 fully saturated rings. The molecule has 8 heteroatoms. The topological polar surface area (TPSA) is 76.6 Å². The molecule has 0 saturated carbocycles. The maximum absolute atomic E-state index is 12.9. The Hall–Kier alpha value is -3.29. The highest BCUT2D eigenvalue weighted by Gasteiger charge is 2.21. The number of nitrogens with zero attached hydrogens (tertiary/aromatic N) is 3. The van der Waals surface area contributed by atoms with Gasteiger partial charge >= 0.3 is 5.69 Å². The second-order valence-corrected chi connectivity index (χ2v) is 8.63. The van der Waals surface area contributed by atoms with Crippen molar-refractivity contribution in [3.63, 3.8) is 0 Å². The first-order chi connectivity index (χ1) is 15.4. The van der Waals surface area contributed by atoms with E-state index in [0.717, 1.165) is 25.5 Å². The molecule has 0 aliphatic rings. The monoisotopic (exact) mass is 465 g/mol. The number of halogens is 1. The molecule has 4 rings (SSSR count). The van der Waals surface area contributed by atoms with E-state index in [2.05, 4.69) is 4.99 Å². The van der Waals surface area contributed by atoms with Gasteiger partial charge in [0.05, 0.1) is 5.69 Å². The van der Waals surface area contributed by atoms with Crippen LogP contribution in [-0.2, 0) is 19.8 Å². The normalized spacial score (nSPS) is 11.8. The van der Waals surface area contributed by atoms with Gasteiger partial charge in [-0.3, -0.25) is 13.9 Å². The number of aromatic nitrogens is 2. The first-order valence-corrected chi connectivity index (χ1v) is 11.2. The summed E-state index contributed by atoms with van der Waals surface area (Å²) in [5, 5.41) is 13.8. The van der Waals surface area contributed by atoms with Crippen LogP contribution in [0.5, 0.6) is 5.88 Å². The minimum absolute atomic E-state index is 0.0187. The zero-order valence-corrected chi connectivity index (χ0v) is 19.0. The molecule has 0 saturated heterocycles. The van der Waals surface area contributed by atoms with E-state index >= 15 is 0 Å². The van der Waals surface area contributed by atoms with Gasteiger partial charge in [0.25, 0.3) is 5.56 Å². The van der Waals surface area contributed by atoms with Crippen LogP contribution in [0.1, 0.15) is 11.1 Å². The second-order valence-electron chi connectivity index (χ2n) is 7.22. The van der Waals surface area contributed by atoms with Gasteiger partial charge in [-0.2, -0.15) is 0 Å². The summed E-state index contributed by atoms with van der Waals surface area (Å²) >= 11 is 7.31. The Balaban J connectivity index is 1.83. The summed E-state index contributed by atoms with van der Waals surface area (Å²) in [6.45, 7) is 0. The fourth-order valence-corrected chi connectivity index (χ4v) is 4.54. The van der Waals surface area contributed by atoms with Crippen LogP contribution in [0.25, 0.3) is 10.8 Å². The van der Waals surface area contributed by atoms with Crippen LogP contribution in [0.2, 0.25) is 5.02 Å². The summed E-state index contributed by atoms with van der Waals surface area (Å²) in [6.07, 6.45) is 0. The molecule has 1 aromatic heterocycles. The van der Waals surface area contributed by atoms with E-state index in [1.165, 1.54) is 25.9 Å². The van der Waals surface area contributed by atoms with E-state index in [0.29, 0.717) is 21.5 Å². The van der Waals surface area contributed by atoms with Crippen LogP contribution in [0.15, 0.2) is 81.3 Å². The third-order valence-corrected chi connectivity index (χ3v) is 6.43. The van der Waals surface area contributed by atoms with E-state index in [1.807, 2.05) is 42.5 Å². The fraction of sp³-hybridized carbons (Fsp3) is 0.125. The van der Waals surface area contributed by atoms with Crippen molar-refractivity contribution in [1.29, 1.82) is 0 Å². The Morgan fingerprint density at radius 2 is 1.66 bits per heavy atom. The predicted octanol–water partition coefficient (Wildman–Crippen LogP) is 4.61. The average molecular weight is 466 g/mol. The number of aromatic hydroxyl groups is 1. The van der Waals surface area contributed by atoms with Gasteiger partial charge in [0.15, 0.2) is 0 Å². The lowest BCUT2D eigenvalue weighted by Gasteiger charge is -2.13. The van der Waals surface area contributed by atoms with Crippen molar-refractivity contribution in [3.05, 3.63) is 104 Å². The molecule has 3 aromatic carbocycles. The molecule has 0 radical (unpaired) electrons. The van der Waals surface area contributed by atoms with Crippen molar-refractivity contribution in [2.75, 3.05) is 0 Å². The standard InChI is InChI=1S/C24H20ClN3O3S/c1-27-22(29)20(23(30)28(2)24(27)31)21(26-18-12-10-17(25)11-13-18)32-14-16-8-5-7-15-6-3-4-9-19(15)16/h3-13,29H,14H2,1-2H3. The van der Waals surface area contributed by atoms with Crippen molar-refractivity contribution < 1.29 is 5.11 Å². The van der Waals surface area contributed by atoms with Gasteiger partial charge in [-0.25, -0.2) is 9.79 Å². The molecule has 1 heterocycles. The maximum Gasteiger partial charge on any atom is 0.333 e. The highest BCUT2D eigenvalue weighted by molar-refractivity contribution is 8.13. The van der Waals surface area contributed by atoms with Crippen molar-refractivity contribution in [3.8, 4) is 5.88 Å². The highest BCUT2D eigenvalue weighted by atomic mass is 35.5. The van der Waals surface area contributed by atoms with Crippen LogP contribution in [0, 0.1) is 0 Å². The number of hydrogen-bond donors (Lipinski definition) is 1. The molecule has 0 aliphatic heterocycles. The summed E-state index contributed by atoms with van der Waals surface area (Å²) in [5.41, 5.74) is 0.405. The quantitative estimate of drug-likeness (QED) is 0.353. The summed E-state index contributed by atoms with van der Waals surface area (Å²) in [5.74, 6) is 0.0930. The molecule has 32 heavy (non-hydrogen) atoms. The Bertz CT molecular complexity index is 1450. The van der Waals surface area contributed by atoms with Gasteiger partial charge < -0.3 is 5.11 Å². The summed E-state index contributed by atoms with van der Waals surface area (Å²) in [6, 6.07) is 21.0. The Morgan fingerprint density at radius 3 is 2.41 bits per heavy atom. The first kappa shape index (κ1) is 21.9. The number of aliphatic imine (C=N–C) groups is 1. The minimum atomic E-state index is -0.610. The Kier molecular flexibility index (Phi) is 6.21. The van der Waals surface area contributed by atoms with E-state index in [9.17, 15) is 14.7 Å². The number of fused-ring (bicyclic) bond motifs is 1. The Morgan fingerprint density at radius 1 is 0.969 bits per heavy atom. The van der Waals surface area contributed by atoms with Gasteiger partial charge in [0, 0.05) is 24.9 Å². The lowest BCUT2D eigenvalue weighted by molar-refractivity contribution is 0.410. The van der Waals surface area contributed by atoms with Crippen molar-refractivity contribution >= 4 is 44.9 Å². The molecule has 0 spiro atoms. The summed E-state index contributed by atoms with van der Waals surface area (Å²) < 4.78 is 2.00. The molecule has 1 N–H and O–H groups in total. The number of hydrogen-bond acceptors (Lipinski definition) is 5. The molecule has 6 nitrogen and oxygen atoms in total. The molecular weight excluding hydrogens is 446 g/mol. The zero-order chi connectivity index (χ0) is 22.8. The zero-order valence-electron chi connectivity index (χ0n) is 17.4. The van der Waals surface area contributed by atoms with Gasteiger partial charge in [-0.05, 0) is 40.6 Å². The van der Waals surface area contributed by atoms with Gasteiger partial charge in [0.1, 0.15) is 10.6 Å². The number of benzene rings is 3. The van der Waals surface area contributed by atoms with E-state index in [4.69, 9.17) is 11.6 Å². The third-order valence-electron chi connectivity index (χ3n) is 5.15. The van der Waals surface area contributed by atoms with Gasteiger partial charge in [0.2, 0.25) is 5.88 Å². The van der Waals surface area contributed by atoms with Crippen LogP contribution in [0.3, 0.4) is 0 Å². The molecule has 0 bridgehead atoms. The lowest BCUT2D eigenvalue weighted by atomic mass is 10.1. The summed E-state index contributed by atoms with van der Waals surface area (Å²) in [7, 11) is 2.79. The van der Waals surface area contributed by atoms with E-state index in [1.54, 1.807) is 24.3 Å². The molecule has 0 amide bonds. The van der Waals surface area contributed by atoms with Crippen molar-refractivity contribution in [2.45, 2.75) is 5.75 Å². The smallest absolute Gasteiger partial charge is 0.333 e. The minimum Gasteiger partial charge on any atom is -0.494 e. The second kappa shape index (κ2) is 9.06. The first-order valence-electron chi connectivity index (χ1n) is 9.80. The SMILES string of the molecule is Cn1c(O)c(C(=Nc2ccc(Cl)cc2)SCc2cccc3ccccc23)c(=O)n(C)c1=O. The fourth-order valence-electron chi connectivity index (χ4n) is 3.38. The number of thioether (sulfide) groups is 1. The van der Waals surface area contributed by atoms with Crippen LogP contribution < -0.4 is 11.2 Å². The van der Waals surface area contributed by atoms with Crippen LogP contribution >= 0.6 is 23.4 Å². The maximum atomic E-state index is 12.9. The van der Waals surface area contributed by atoms with Gasteiger partial charge in [-0.15, -0.1) is 11.8 Å². The van der Waals surface area contributed by atoms with E-state index < -0.39 is 17.1 Å². The summed E-state index contributed by atoms with van der Waals surface area (Å²) in [4.78, 5) is 29.8. The average Bonchev–Trinajstić information content (AvgIpc) is 2.81. The molecule has 0 atom stereocenters. The molecular formula is C24H20ClN3O3S. The van der Waals surface area contributed by atoms with Crippen molar-refractivity contribution in [1.82, 2.24) is 9.13 Å². The Labute approximate surface area is 193 Å². The molecule has 0 unspecified atom stereocenters. The number of rotatable bonds is 4. The van der Waals surface area contributed by atoms with Crippen molar-refractivity contribution in [2.24, 2.45) is 19.1 Å². The predicted molar refractivity (Wildman–Crippen MR) is 131 cm³/mol. The van der Waals surface area contributed by atoms with Gasteiger partial charge in [-0.1, -0.05) is 54.1 Å². The van der Waals surface area contributed by atoms with E-state index in [-0.39, 0.29) is 5.56 Å². The largest absolute Gasteiger partial charge is 0.494 e. The molecule has 4 aromatic rings. The highest BCUT2D eigenvalue weighted by Crippen LogP contribution is 2.28. The molecule has 162 valence electrons.